The Morgan fingerprint density at radius 2 is 1.80 bits per heavy atom. The number of rotatable bonds is 9. The van der Waals surface area contributed by atoms with Crippen LogP contribution in [-0.2, 0) is 16.6 Å². The van der Waals surface area contributed by atoms with Gasteiger partial charge in [0.2, 0.25) is 10.0 Å². The monoisotopic (exact) mass is 564 g/mol. The minimum absolute atomic E-state index is 0. The number of nitrogens with zero attached hydrogens (tertiary/aromatic N) is 2. The van der Waals surface area contributed by atoms with Gasteiger partial charge in [0.05, 0.1) is 11.4 Å². The molecule has 0 aliphatic carbocycles. The van der Waals surface area contributed by atoms with Crippen molar-refractivity contribution in [2.45, 2.75) is 51.1 Å². The van der Waals surface area contributed by atoms with Crippen molar-refractivity contribution in [3.8, 4) is 0 Å². The number of hydrogen-bond donors (Lipinski definition) is 2. The van der Waals surface area contributed by atoms with E-state index < -0.39 is 10.0 Å². The summed E-state index contributed by atoms with van der Waals surface area (Å²) in [6.45, 7) is 9.98. The van der Waals surface area contributed by atoms with Crippen LogP contribution in [0.4, 0.5) is 0 Å². The number of nitrogens with one attached hydrogen (secondary N) is 2. The van der Waals surface area contributed by atoms with E-state index in [0.717, 1.165) is 24.6 Å². The summed E-state index contributed by atoms with van der Waals surface area (Å²) in [5, 5.41) is 8.73. The topological polar surface area (TPSA) is 73.8 Å². The smallest absolute Gasteiger partial charge is 0.243 e. The molecule has 9 heteroatoms. The summed E-state index contributed by atoms with van der Waals surface area (Å²) in [4.78, 5) is 6.28. The lowest BCUT2D eigenvalue weighted by molar-refractivity contribution is 0.410. The first-order chi connectivity index (χ1) is 13.8. The van der Waals surface area contributed by atoms with Crippen LogP contribution < -0.4 is 10.6 Å². The van der Waals surface area contributed by atoms with E-state index in [4.69, 9.17) is 0 Å². The summed E-state index contributed by atoms with van der Waals surface area (Å²) in [7, 11) is -1.86. The standard InChI is InChI=1S/C21H32N4O2S2.HI/c1-6-22-21(23-14-17(4)20-8-7-13-28-20)24-15-18-9-11-19(12-10-18)29(26,27)25(5)16(2)3;/h7-13,16-17H,6,14-15H2,1-5H3,(H2,22,23,24);1H. The van der Waals surface area contributed by atoms with Crippen LogP contribution in [0, 0.1) is 0 Å². The molecule has 0 aliphatic rings. The zero-order chi connectivity index (χ0) is 21.4. The minimum Gasteiger partial charge on any atom is -0.357 e. The van der Waals surface area contributed by atoms with E-state index in [2.05, 4.69) is 40.1 Å². The molecule has 0 saturated heterocycles. The van der Waals surface area contributed by atoms with E-state index in [1.807, 2.05) is 32.9 Å². The van der Waals surface area contributed by atoms with E-state index in [1.54, 1.807) is 30.5 Å². The highest BCUT2D eigenvalue weighted by Crippen LogP contribution is 2.20. The fraction of sp³-hybridized carbons (Fsp3) is 0.476. The molecular formula is C21H33IN4O2S2. The molecule has 1 heterocycles. The van der Waals surface area contributed by atoms with Crippen LogP contribution in [0.15, 0.2) is 51.7 Å². The van der Waals surface area contributed by atoms with Gasteiger partial charge in [-0.15, -0.1) is 35.3 Å². The molecule has 1 aromatic heterocycles. The Hall–Kier alpha value is -1.17. The van der Waals surface area contributed by atoms with Crippen LogP contribution in [0.1, 0.15) is 44.1 Å². The molecule has 0 aliphatic heterocycles. The molecule has 0 amide bonds. The van der Waals surface area contributed by atoms with Crippen molar-refractivity contribution < 1.29 is 8.42 Å². The third-order valence-electron chi connectivity index (χ3n) is 4.70. The average molecular weight is 565 g/mol. The molecule has 168 valence electrons. The van der Waals surface area contributed by atoms with Gasteiger partial charge in [0, 0.05) is 37.0 Å². The molecule has 0 radical (unpaired) electrons. The lowest BCUT2D eigenvalue weighted by Crippen LogP contribution is -2.39. The second-order valence-electron chi connectivity index (χ2n) is 7.25. The molecule has 1 unspecified atom stereocenters. The second-order valence-corrected chi connectivity index (χ2v) is 10.2. The summed E-state index contributed by atoms with van der Waals surface area (Å²) in [5.41, 5.74) is 0.958. The van der Waals surface area contributed by atoms with Gasteiger partial charge in [-0.2, -0.15) is 4.31 Å². The predicted octanol–water partition coefficient (Wildman–Crippen LogP) is 4.25. The van der Waals surface area contributed by atoms with Gasteiger partial charge in [-0.3, -0.25) is 0 Å². The third kappa shape index (κ3) is 7.51. The van der Waals surface area contributed by atoms with E-state index in [9.17, 15) is 8.42 Å². The van der Waals surface area contributed by atoms with E-state index in [-0.39, 0.29) is 30.0 Å². The molecule has 0 saturated carbocycles. The first kappa shape index (κ1) is 26.9. The number of sulfonamides is 1. The summed E-state index contributed by atoms with van der Waals surface area (Å²) in [5.74, 6) is 1.16. The lowest BCUT2D eigenvalue weighted by Gasteiger charge is -2.21. The van der Waals surface area contributed by atoms with Crippen molar-refractivity contribution in [2.24, 2.45) is 4.99 Å². The van der Waals surface area contributed by atoms with Crippen LogP contribution in [0.3, 0.4) is 0 Å². The average Bonchev–Trinajstić information content (AvgIpc) is 3.24. The van der Waals surface area contributed by atoms with E-state index >= 15 is 0 Å². The van der Waals surface area contributed by atoms with Crippen LogP contribution >= 0.6 is 35.3 Å². The SMILES string of the molecule is CCNC(=NCc1ccc(S(=O)(=O)N(C)C(C)C)cc1)NCC(C)c1cccs1.I. The molecule has 0 bridgehead atoms. The molecular weight excluding hydrogens is 531 g/mol. The van der Waals surface area contributed by atoms with Gasteiger partial charge < -0.3 is 10.6 Å². The molecule has 6 nitrogen and oxygen atoms in total. The molecule has 2 rings (SSSR count). The molecule has 0 fully saturated rings. The zero-order valence-electron chi connectivity index (χ0n) is 18.3. The highest BCUT2D eigenvalue weighted by atomic mass is 127. The quantitative estimate of drug-likeness (QED) is 0.271. The van der Waals surface area contributed by atoms with Gasteiger partial charge in [-0.05, 0) is 49.9 Å². The largest absolute Gasteiger partial charge is 0.357 e. The Labute approximate surface area is 202 Å². The summed E-state index contributed by atoms with van der Waals surface area (Å²) >= 11 is 1.76. The Bertz CT molecular complexity index is 882. The van der Waals surface area contributed by atoms with Crippen LogP contribution in [0.5, 0.6) is 0 Å². The van der Waals surface area contributed by atoms with Gasteiger partial charge >= 0.3 is 0 Å². The molecule has 1 aromatic carbocycles. The minimum atomic E-state index is -3.46. The lowest BCUT2D eigenvalue weighted by atomic mass is 10.1. The van der Waals surface area contributed by atoms with Crippen molar-refractivity contribution in [3.63, 3.8) is 0 Å². The Kier molecular flexibility index (Phi) is 11.3. The highest BCUT2D eigenvalue weighted by molar-refractivity contribution is 14.0. The molecule has 1 atom stereocenters. The first-order valence-corrected chi connectivity index (χ1v) is 12.2. The van der Waals surface area contributed by atoms with Gasteiger partial charge in [0.25, 0.3) is 0 Å². The number of hydrogen-bond acceptors (Lipinski definition) is 4. The Morgan fingerprint density at radius 3 is 2.33 bits per heavy atom. The van der Waals surface area contributed by atoms with Crippen LogP contribution in [0.25, 0.3) is 0 Å². The van der Waals surface area contributed by atoms with Crippen molar-refractivity contribution >= 4 is 51.3 Å². The fourth-order valence-corrected chi connectivity index (χ4v) is 4.80. The van der Waals surface area contributed by atoms with E-state index in [0.29, 0.717) is 17.4 Å². The van der Waals surface area contributed by atoms with Crippen molar-refractivity contribution in [2.75, 3.05) is 20.1 Å². The molecule has 2 N–H and O–H groups in total. The normalized spacial score (nSPS) is 13.2. The third-order valence-corrected chi connectivity index (χ3v) is 7.85. The van der Waals surface area contributed by atoms with Gasteiger partial charge in [0.15, 0.2) is 5.96 Å². The van der Waals surface area contributed by atoms with Gasteiger partial charge in [-0.1, -0.05) is 25.1 Å². The second kappa shape index (κ2) is 12.6. The maximum absolute atomic E-state index is 12.6. The Morgan fingerprint density at radius 1 is 1.13 bits per heavy atom. The molecule has 30 heavy (non-hydrogen) atoms. The van der Waals surface area contributed by atoms with Crippen molar-refractivity contribution in [3.05, 3.63) is 52.2 Å². The maximum Gasteiger partial charge on any atom is 0.243 e. The fourth-order valence-electron chi connectivity index (χ4n) is 2.64. The molecule has 2 aromatic rings. The highest BCUT2D eigenvalue weighted by Gasteiger charge is 2.22. The Balaban J connectivity index is 0.00000450. The number of guanidine groups is 1. The number of aliphatic imine (C=N–C) groups is 1. The summed E-state index contributed by atoms with van der Waals surface area (Å²) in [6, 6.07) is 11.1. The number of halogens is 1. The van der Waals surface area contributed by atoms with Crippen molar-refractivity contribution in [1.82, 2.24) is 14.9 Å². The summed E-state index contributed by atoms with van der Waals surface area (Å²) < 4.78 is 26.5. The number of benzene rings is 1. The zero-order valence-corrected chi connectivity index (χ0v) is 22.2. The number of thiophene rings is 1. The van der Waals surface area contributed by atoms with Gasteiger partial charge in [0.1, 0.15) is 0 Å². The van der Waals surface area contributed by atoms with Crippen LogP contribution in [0.2, 0.25) is 0 Å². The summed E-state index contributed by atoms with van der Waals surface area (Å²) in [6.07, 6.45) is 0. The maximum atomic E-state index is 12.6. The van der Waals surface area contributed by atoms with Crippen molar-refractivity contribution in [1.29, 1.82) is 0 Å². The van der Waals surface area contributed by atoms with Gasteiger partial charge in [-0.25, -0.2) is 13.4 Å². The van der Waals surface area contributed by atoms with Crippen LogP contribution in [-0.4, -0.2) is 44.9 Å². The first-order valence-electron chi connectivity index (χ1n) is 9.88. The molecule has 0 spiro atoms. The predicted molar refractivity (Wildman–Crippen MR) is 137 cm³/mol. The van der Waals surface area contributed by atoms with E-state index in [1.165, 1.54) is 9.18 Å².